The summed E-state index contributed by atoms with van der Waals surface area (Å²) in [5.41, 5.74) is 10.5. The van der Waals surface area contributed by atoms with Crippen molar-refractivity contribution in [3.05, 3.63) is 108 Å². The molecule has 0 aliphatic rings. The van der Waals surface area contributed by atoms with Crippen molar-refractivity contribution in [3.8, 4) is 22.4 Å². The second kappa shape index (κ2) is 8.51. The van der Waals surface area contributed by atoms with Crippen LogP contribution in [0, 0.1) is 13.8 Å². The molecule has 0 spiro atoms. The van der Waals surface area contributed by atoms with Gasteiger partial charge in [0, 0.05) is 33.6 Å². The number of para-hydroxylation sites is 1. The highest BCUT2D eigenvalue weighted by atomic mass is 16.3. The lowest BCUT2D eigenvalue weighted by atomic mass is 9.85. The molecule has 0 bridgehead atoms. The average molecular weight is 507 g/mol. The molecule has 0 radical (unpaired) electrons. The summed E-state index contributed by atoms with van der Waals surface area (Å²) in [4.78, 5) is 9.59. The highest BCUT2D eigenvalue weighted by molar-refractivity contribution is 6.16. The Balaban J connectivity index is 1.38. The van der Waals surface area contributed by atoms with Gasteiger partial charge in [-0.15, -0.1) is 0 Å². The minimum absolute atomic E-state index is 0.125. The Morgan fingerprint density at radius 1 is 0.667 bits per heavy atom. The van der Waals surface area contributed by atoms with Gasteiger partial charge in [0.25, 0.3) is 0 Å². The summed E-state index contributed by atoms with van der Waals surface area (Å²) < 4.78 is 6.57. The summed E-state index contributed by atoms with van der Waals surface area (Å²) in [6.45, 7) is 11.0. The van der Waals surface area contributed by atoms with Crippen molar-refractivity contribution < 1.29 is 4.42 Å². The second-order valence-electron chi connectivity index (χ2n) is 11.7. The quantitative estimate of drug-likeness (QED) is 0.234. The van der Waals surface area contributed by atoms with Crippen LogP contribution in [0.25, 0.3) is 66.0 Å². The van der Waals surface area contributed by atoms with Gasteiger partial charge in [0.05, 0.1) is 5.69 Å². The van der Waals surface area contributed by atoms with Gasteiger partial charge in [-0.3, -0.25) is 4.98 Å². The van der Waals surface area contributed by atoms with E-state index in [4.69, 9.17) is 14.4 Å². The molecule has 0 unspecified atom stereocenters. The SMILES string of the molecule is Cc1ccc2ccc3c4cccc(-c5cc(-c6cc7ccc(C(C)(C)C)cc7cc6C)ccn5)c4oc3c2n1. The fourth-order valence-electron chi connectivity index (χ4n) is 5.67. The molecule has 0 amide bonds. The molecule has 3 heterocycles. The third-order valence-corrected chi connectivity index (χ3v) is 7.86. The molecular weight excluding hydrogens is 476 g/mol. The molecule has 0 saturated heterocycles. The van der Waals surface area contributed by atoms with E-state index in [1.807, 2.05) is 19.2 Å². The van der Waals surface area contributed by atoms with E-state index in [1.54, 1.807) is 0 Å². The smallest absolute Gasteiger partial charge is 0.161 e. The summed E-state index contributed by atoms with van der Waals surface area (Å²) in [5.74, 6) is 0. The first-order chi connectivity index (χ1) is 18.8. The van der Waals surface area contributed by atoms with Crippen LogP contribution in [0.3, 0.4) is 0 Å². The average Bonchev–Trinajstić information content (AvgIpc) is 3.31. The fraction of sp³-hybridized carbons (Fsp3) is 0.167. The fourth-order valence-corrected chi connectivity index (χ4v) is 5.67. The van der Waals surface area contributed by atoms with Crippen LogP contribution in [0.1, 0.15) is 37.6 Å². The number of furan rings is 1. The largest absolute Gasteiger partial charge is 0.453 e. The Morgan fingerprint density at radius 2 is 1.46 bits per heavy atom. The summed E-state index contributed by atoms with van der Waals surface area (Å²) >= 11 is 0. The number of aryl methyl sites for hydroxylation is 2. The Labute approximate surface area is 228 Å². The zero-order chi connectivity index (χ0) is 26.9. The molecule has 0 aliphatic carbocycles. The molecule has 7 aromatic rings. The first kappa shape index (κ1) is 23.6. The minimum Gasteiger partial charge on any atom is -0.453 e. The van der Waals surface area contributed by atoms with Gasteiger partial charge in [0.1, 0.15) is 11.1 Å². The maximum atomic E-state index is 6.57. The van der Waals surface area contributed by atoms with Gasteiger partial charge in [0.2, 0.25) is 0 Å². The van der Waals surface area contributed by atoms with Gasteiger partial charge in [-0.2, -0.15) is 0 Å². The van der Waals surface area contributed by atoms with Gasteiger partial charge in [0.15, 0.2) is 5.58 Å². The van der Waals surface area contributed by atoms with Gasteiger partial charge >= 0.3 is 0 Å². The first-order valence-electron chi connectivity index (χ1n) is 13.5. The van der Waals surface area contributed by atoms with Crippen molar-refractivity contribution in [2.45, 2.75) is 40.0 Å². The Hall–Kier alpha value is -4.50. The molecule has 0 saturated carbocycles. The third kappa shape index (κ3) is 3.88. The standard InChI is InChI=1S/C36H30N2O/c1-21-17-26-18-27(36(3,4)5)13-11-24(26)19-31(21)25-15-16-37-32(20-25)30-8-6-7-28-29-14-12-23-10-9-22(2)38-33(23)35(29)39-34(28)30/h6-20H,1-5H3. The minimum atomic E-state index is 0.125. The summed E-state index contributed by atoms with van der Waals surface area (Å²) in [5, 5.41) is 5.76. The Morgan fingerprint density at radius 3 is 2.31 bits per heavy atom. The van der Waals surface area contributed by atoms with E-state index in [0.717, 1.165) is 55.4 Å². The number of aromatic nitrogens is 2. The number of hydrogen-bond donors (Lipinski definition) is 0. The molecule has 0 fully saturated rings. The van der Waals surface area contributed by atoms with Gasteiger partial charge < -0.3 is 4.42 Å². The topological polar surface area (TPSA) is 38.9 Å². The van der Waals surface area contributed by atoms with Crippen LogP contribution >= 0.6 is 0 Å². The van der Waals surface area contributed by atoms with Gasteiger partial charge in [-0.05, 0) is 88.7 Å². The van der Waals surface area contributed by atoms with Crippen LogP contribution in [-0.2, 0) is 5.41 Å². The maximum absolute atomic E-state index is 6.57. The molecule has 7 rings (SSSR count). The first-order valence-corrected chi connectivity index (χ1v) is 13.5. The number of nitrogens with zero attached hydrogens (tertiary/aromatic N) is 2. The van der Waals surface area contributed by atoms with Crippen LogP contribution in [0.15, 0.2) is 95.5 Å². The normalized spacial score (nSPS) is 12.2. The molecular formula is C36H30N2O. The molecule has 0 aliphatic heterocycles. The highest BCUT2D eigenvalue weighted by Gasteiger charge is 2.17. The predicted octanol–water partition coefficient (Wildman–Crippen LogP) is 9.93. The number of benzene rings is 4. The summed E-state index contributed by atoms with van der Waals surface area (Å²) in [7, 11) is 0. The van der Waals surface area contributed by atoms with Crippen molar-refractivity contribution in [2.24, 2.45) is 0 Å². The molecule has 0 N–H and O–H groups in total. The Bertz CT molecular complexity index is 2080. The van der Waals surface area contributed by atoms with Crippen LogP contribution in [-0.4, -0.2) is 9.97 Å². The molecule has 3 heteroatoms. The number of rotatable bonds is 2. The van der Waals surface area contributed by atoms with Gasteiger partial charge in [-0.25, -0.2) is 4.98 Å². The van der Waals surface area contributed by atoms with E-state index in [2.05, 4.69) is 107 Å². The molecule has 4 aromatic carbocycles. The molecule has 3 aromatic heterocycles. The lowest BCUT2D eigenvalue weighted by Gasteiger charge is -2.20. The van der Waals surface area contributed by atoms with Crippen molar-refractivity contribution in [1.29, 1.82) is 0 Å². The zero-order valence-corrected chi connectivity index (χ0v) is 23.0. The van der Waals surface area contributed by atoms with E-state index >= 15 is 0 Å². The zero-order valence-electron chi connectivity index (χ0n) is 23.0. The van der Waals surface area contributed by atoms with E-state index in [0.29, 0.717) is 0 Å². The monoisotopic (exact) mass is 506 g/mol. The third-order valence-electron chi connectivity index (χ3n) is 7.86. The van der Waals surface area contributed by atoms with Crippen molar-refractivity contribution in [2.75, 3.05) is 0 Å². The molecule has 3 nitrogen and oxygen atoms in total. The van der Waals surface area contributed by atoms with E-state index in [1.165, 1.54) is 27.5 Å². The van der Waals surface area contributed by atoms with Crippen molar-refractivity contribution in [3.63, 3.8) is 0 Å². The van der Waals surface area contributed by atoms with Gasteiger partial charge in [-0.1, -0.05) is 69.3 Å². The lowest BCUT2D eigenvalue weighted by molar-refractivity contribution is 0.591. The molecule has 39 heavy (non-hydrogen) atoms. The number of hydrogen-bond acceptors (Lipinski definition) is 3. The van der Waals surface area contributed by atoms with Crippen LogP contribution in [0.4, 0.5) is 0 Å². The second-order valence-corrected chi connectivity index (χ2v) is 11.7. The molecule has 0 atom stereocenters. The van der Waals surface area contributed by atoms with Crippen LogP contribution < -0.4 is 0 Å². The van der Waals surface area contributed by atoms with E-state index in [-0.39, 0.29) is 5.41 Å². The van der Waals surface area contributed by atoms with E-state index in [9.17, 15) is 0 Å². The predicted molar refractivity (Wildman–Crippen MR) is 163 cm³/mol. The van der Waals surface area contributed by atoms with E-state index < -0.39 is 0 Å². The van der Waals surface area contributed by atoms with Crippen LogP contribution in [0.2, 0.25) is 0 Å². The lowest BCUT2D eigenvalue weighted by Crippen LogP contribution is -2.10. The summed E-state index contributed by atoms with van der Waals surface area (Å²) in [6, 6.07) is 30.4. The Kier molecular flexibility index (Phi) is 5.15. The van der Waals surface area contributed by atoms with Crippen molar-refractivity contribution >= 4 is 43.6 Å². The summed E-state index contributed by atoms with van der Waals surface area (Å²) in [6.07, 6.45) is 1.90. The molecule has 190 valence electrons. The van der Waals surface area contributed by atoms with Crippen molar-refractivity contribution in [1.82, 2.24) is 9.97 Å². The maximum Gasteiger partial charge on any atom is 0.161 e. The number of pyridine rings is 2. The number of fused-ring (bicyclic) bond motifs is 6. The highest BCUT2D eigenvalue weighted by Crippen LogP contribution is 2.39. The van der Waals surface area contributed by atoms with Crippen LogP contribution in [0.5, 0.6) is 0 Å².